The molecule has 0 aliphatic heterocycles. The van der Waals surface area contributed by atoms with Crippen molar-refractivity contribution in [2.75, 3.05) is 7.11 Å². The van der Waals surface area contributed by atoms with E-state index < -0.39 is 5.82 Å². The third-order valence-corrected chi connectivity index (χ3v) is 3.26. The number of ether oxygens (including phenoxy) is 1. The Morgan fingerprint density at radius 2 is 1.95 bits per heavy atom. The van der Waals surface area contributed by atoms with Crippen molar-refractivity contribution in [3.8, 4) is 5.75 Å². The van der Waals surface area contributed by atoms with Crippen LogP contribution in [0.15, 0.2) is 54.6 Å². The number of nitrogens with one attached hydrogen (secondary N) is 1. The number of rotatable bonds is 5. The number of halogens is 1. The minimum Gasteiger partial charge on any atom is -0.494 e. The van der Waals surface area contributed by atoms with Crippen LogP contribution in [0.1, 0.15) is 24.1 Å². The first-order chi connectivity index (χ1) is 10.6. The van der Waals surface area contributed by atoms with Crippen LogP contribution in [-0.4, -0.2) is 13.0 Å². The predicted molar refractivity (Wildman–Crippen MR) is 85.0 cm³/mol. The van der Waals surface area contributed by atoms with Crippen LogP contribution in [0, 0.1) is 5.82 Å². The maximum absolute atomic E-state index is 13.5. The molecule has 0 heterocycles. The molecule has 4 heteroatoms. The maximum Gasteiger partial charge on any atom is 0.244 e. The van der Waals surface area contributed by atoms with Crippen molar-refractivity contribution in [2.24, 2.45) is 0 Å². The molecule has 1 atom stereocenters. The van der Waals surface area contributed by atoms with Gasteiger partial charge in [-0.05, 0) is 36.3 Å². The van der Waals surface area contributed by atoms with E-state index in [1.54, 1.807) is 12.1 Å². The van der Waals surface area contributed by atoms with Crippen molar-refractivity contribution < 1.29 is 13.9 Å². The quantitative estimate of drug-likeness (QED) is 0.854. The van der Waals surface area contributed by atoms with E-state index in [1.807, 2.05) is 37.3 Å². The lowest BCUT2D eigenvalue weighted by molar-refractivity contribution is -0.117. The third-order valence-electron chi connectivity index (χ3n) is 3.26. The molecule has 0 spiro atoms. The summed E-state index contributed by atoms with van der Waals surface area (Å²) in [6, 6.07) is 14.1. The van der Waals surface area contributed by atoms with Crippen LogP contribution in [0.4, 0.5) is 4.39 Å². The summed E-state index contributed by atoms with van der Waals surface area (Å²) in [7, 11) is 1.41. The lowest BCUT2D eigenvalue weighted by Crippen LogP contribution is -2.24. The van der Waals surface area contributed by atoms with Crippen molar-refractivity contribution in [3.05, 3.63) is 71.6 Å². The Hall–Kier alpha value is -2.62. The molecular formula is C18H18FNO2. The van der Waals surface area contributed by atoms with Gasteiger partial charge in [0.25, 0.3) is 0 Å². The van der Waals surface area contributed by atoms with E-state index in [2.05, 4.69) is 5.32 Å². The van der Waals surface area contributed by atoms with Crippen molar-refractivity contribution in [1.29, 1.82) is 0 Å². The summed E-state index contributed by atoms with van der Waals surface area (Å²) in [4.78, 5) is 11.9. The molecule has 114 valence electrons. The van der Waals surface area contributed by atoms with Gasteiger partial charge in [-0.1, -0.05) is 36.4 Å². The van der Waals surface area contributed by atoms with Gasteiger partial charge in [0.2, 0.25) is 5.91 Å². The second-order valence-corrected chi connectivity index (χ2v) is 4.87. The second-order valence-electron chi connectivity index (χ2n) is 4.87. The number of methoxy groups -OCH3 is 1. The molecule has 0 aliphatic rings. The Morgan fingerprint density at radius 3 is 2.59 bits per heavy atom. The largest absolute Gasteiger partial charge is 0.494 e. The first kappa shape index (κ1) is 15.8. The van der Waals surface area contributed by atoms with E-state index in [4.69, 9.17) is 4.74 Å². The van der Waals surface area contributed by atoms with E-state index in [0.717, 1.165) is 5.56 Å². The van der Waals surface area contributed by atoms with Crippen LogP contribution in [0.5, 0.6) is 5.75 Å². The Morgan fingerprint density at radius 1 is 1.23 bits per heavy atom. The molecule has 3 nitrogen and oxygen atoms in total. The summed E-state index contributed by atoms with van der Waals surface area (Å²) < 4.78 is 18.4. The summed E-state index contributed by atoms with van der Waals surface area (Å²) in [5.74, 6) is -0.505. The SMILES string of the molecule is COc1ccc(/C=C/C(=O)N[C@@H](C)c2ccccc2)cc1F. The van der Waals surface area contributed by atoms with Crippen molar-refractivity contribution >= 4 is 12.0 Å². The smallest absolute Gasteiger partial charge is 0.244 e. The fourth-order valence-electron chi connectivity index (χ4n) is 2.04. The van der Waals surface area contributed by atoms with Gasteiger partial charge in [0.1, 0.15) is 0 Å². The number of hydrogen-bond donors (Lipinski definition) is 1. The Balaban J connectivity index is 1.98. The van der Waals surface area contributed by atoms with Gasteiger partial charge in [-0.25, -0.2) is 4.39 Å². The predicted octanol–water partition coefficient (Wildman–Crippen LogP) is 3.72. The molecular weight excluding hydrogens is 281 g/mol. The van der Waals surface area contributed by atoms with Gasteiger partial charge < -0.3 is 10.1 Å². The summed E-state index contributed by atoms with van der Waals surface area (Å²) in [6.45, 7) is 1.91. The van der Waals surface area contributed by atoms with Crippen LogP contribution in [0.2, 0.25) is 0 Å². The summed E-state index contributed by atoms with van der Waals surface area (Å²) >= 11 is 0. The molecule has 0 aliphatic carbocycles. The molecule has 0 fully saturated rings. The minimum absolute atomic E-state index is 0.0917. The molecule has 0 bridgehead atoms. The fourth-order valence-corrected chi connectivity index (χ4v) is 2.04. The zero-order valence-electron chi connectivity index (χ0n) is 12.5. The summed E-state index contributed by atoms with van der Waals surface area (Å²) in [5, 5.41) is 2.86. The molecule has 2 aromatic rings. The number of benzene rings is 2. The molecule has 0 radical (unpaired) electrons. The van der Waals surface area contributed by atoms with Crippen LogP contribution in [-0.2, 0) is 4.79 Å². The highest BCUT2D eigenvalue weighted by Gasteiger charge is 2.07. The van der Waals surface area contributed by atoms with Crippen LogP contribution < -0.4 is 10.1 Å². The monoisotopic (exact) mass is 299 g/mol. The molecule has 0 aromatic heterocycles. The highest BCUT2D eigenvalue weighted by molar-refractivity contribution is 5.92. The Bertz CT molecular complexity index is 668. The number of carbonyl (C=O) groups excluding carboxylic acids is 1. The zero-order valence-corrected chi connectivity index (χ0v) is 12.5. The molecule has 2 aromatic carbocycles. The van der Waals surface area contributed by atoms with Gasteiger partial charge in [0.05, 0.1) is 13.2 Å². The Labute approximate surface area is 129 Å². The average molecular weight is 299 g/mol. The van der Waals surface area contributed by atoms with Crippen molar-refractivity contribution in [3.63, 3.8) is 0 Å². The minimum atomic E-state index is -0.456. The van der Waals surface area contributed by atoms with Gasteiger partial charge in [0, 0.05) is 6.08 Å². The van der Waals surface area contributed by atoms with E-state index in [1.165, 1.54) is 25.3 Å². The van der Waals surface area contributed by atoms with Gasteiger partial charge in [-0.15, -0.1) is 0 Å². The molecule has 0 unspecified atom stereocenters. The van der Waals surface area contributed by atoms with Crippen molar-refractivity contribution in [2.45, 2.75) is 13.0 Å². The average Bonchev–Trinajstić information content (AvgIpc) is 2.54. The first-order valence-electron chi connectivity index (χ1n) is 6.97. The lowest BCUT2D eigenvalue weighted by Gasteiger charge is -2.12. The second kappa shape index (κ2) is 7.41. The topological polar surface area (TPSA) is 38.3 Å². The van der Waals surface area contributed by atoms with E-state index in [9.17, 15) is 9.18 Å². The fraction of sp³-hybridized carbons (Fsp3) is 0.167. The number of carbonyl (C=O) groups is 1. The summed E-state index contributed by atoms with van der Waals surface area (Å²) in [5.41, 5.74) is 1.63. The van der Waals surface area contributed by atoms with Gasteiger partial charge in [-0.3, -0.25) is 4.79 Å². The van der Waals surface area contributed by atoms with E-state index in [0.29, 0.717) is 5.56 Å². The molecule has 2 rings (SSSR count). The molecule has 22 heavy (non-hydrogen) atoms. The van der Waals surface area contributed by atoms with E-state index in [-0.39, 0.29) is 17.7 Å². The van der Waals surface area contributed by atoms with Crippen LogP contribution in [0.25, 0.3) is 6.08 Å². The van der Waals surface area contributed by atoms with Crippen LogP contribution in [0.3, 0.4) is 0 Å². The summed E-state index contributed by atoms with van der Waals surface area (Å²) in [6.07, 6.45) is 2.95. The van der Waals surface area contributed by atoms with Crippen LogP contribution >= 0.6 is 0 Å². The molecule has 1 amide bonds. The normalized spacial score (nSPS) is 12.1. The Kier molecular flexibility index (Phi) is 5.31. The number of hydrogen-bond acceptors (Lipinski definition) is 2. The van der Waals surface area contributed by atoms with Crippen molar-refractivity contribution in [1.82, 2.24) is 5.32 Å². The van der Waals surface area contributed by atoms with Gasteiger partial charge in [-0.2, -0.15) is 0 Å². The highest BCUT2D eigenvalue weighted by Crippen LogP contribution is 2.18. The van der Waals surface area contributed by atoms with E-state index >= 15 is 0 Å². The maximum atomic E-state index is 13.5. The lowest BCUT2D eigenvalue weighted by atomic mass is 10.1. The van der Waals surface area contributed by atoms with Gasteiger partial charge in [0.15, 0.2) is 11.6 Å². The molecule has 1 N–H and O–H groups in total. The first-order valence-corrected chi connectivity index (χ1v) is 6.97. The highest BCUT2D eigenvalue weighted by atomic mass is 19.1. The zero-order chi connectivity index (χ0) is 15.9. The molecule has 0 saturated carbocycles. The third kappa shape index (κ3) is 4.19. The number of amides is 1. The standard InChI is InChI=1S/C18H18FNO2/c1-13(15-6-4-3-5-7-15)20-18(21)11-9-14-8-10-17(22-2)16(19)12-14/h3-13H,1-2H3,(H,20,21)/b11-9+/t13-/m0/s1. The molecule has 0 saturated heterocycles. The van der Waals surface area contributed by atoms with Gasteiger partial charge >= 0.3 is 0 Å².